The summed E-state index contributed by atoms with van der Waals surface area (Å²) in [5, 5.41) is 0. The van der Waals surface area contributed by atoms with Gasteiger partial charge in [0.15, 0.2) is 0 Å². The van der Waals surface area contributed by atoms with Crippen LogP contribution in [0.3, 0.4) is 0 Å². The van der Waals surface area contributed by atoms with E-state index in [1.165, 1.54) is 0 Å². The van der Waals surface area contributed by atoms with Gasteiger partial charge in [0, 0.05) is 42.0 Å². The summed E-state index contributed by atoms with van der Waals surface area (Å²) in [6.45, 7) is 7.88. The fraction of sp³-hybridized carbons (Fsp3) is 0.500. The van der Waals surface area contributed by atoms with Gasteiger partial charge < -0.3 is 20.3 Å². The molecule has 2 saturated heterocycles. The van der Waals surface area contributed by atoms with Gasteiger partial charge in [-0.1, -0.05) is 12.1 Å². The summed E-state index contributed by atoms with van der Waals surface area (Å²) in [5.74, 6) is -0.177. The number of primary amides is 1. The highest BCUT2D eigenvalue weighted by molar-refractivity contribution is 5.93. The monoisotopic (exact) mass is 437 g/mol. The van der Waals surface area contributed by atoms with Crippen LogP contribution in [0.2, 0.25) is 0 Å². The topological polar surface area (TPSA) is 102 Å². The summed E-state index contributed by atoms with van der Waals surface area (Å²) < 4.78 is 6.03. The number of carbonyl (C=O) groups is 2. The van der Waals surface area contributed by atoms with Gasteiger partial charge in [-0.3, -0.25) is 19.6 Å². The molecule has 0 spiro atoms. The number of morpholine rings is 1. The third-order valence-corrected chi connectivity index (χ3v) is 6.46. The fourth-order valence-corrected chi connectivity index (χ4v) is 4.54. The molecule has 0 radical (unpaired) electrons. The van der Waals surface area contributed by atoms with Gasteiger partial charge in [0.1, 0.15) is 6.10 Å². The molecule has 2 aromatic rings. The van der Waals surface area contributed by atoms with Crippen LogP contribution in [0.4, 0.5) is 0 Å². The Morgan fingerprint density at radius 1 is 1.06 bits per heavy atom. The van der Waals surface area contributed by atoms with E-state index in [1.807, 2.05) is 17.0 Å². The van der Waals surface area contributed by atoms with Crippen molar-refractivity contribution in [1.82, 2.24) is 19.8 Å². The first-order chi connectivity index (χ1) is 15.4. The molecule has 3 heterocycles. The molecular formula is C24H31N5O3. The molecule has 2 amide bonds. The number of ether oxygens (including phenoxy) is 1. The van der Waals surface area contributed by atoms with Crippen LogP contribution in [0.1, 0.15) is 48.8 Å². The Hall–Kier alpha value is -2.84. The second-order valence-corrected chi connectivity index (χ2v) is 8.78. The molecule has 1 atom stereocenters. The highest BCUT2D eigenvalue weighted by atomic mass is 16.5. The highest BCUT2D eigenvalue weighted by Crippen LogP contribution is 2.30. The number of hydrogen-bond donors (Lipinski definition) is 1. The molecule has 0 bridgehead atoms. The smallest absolute Gasteiger partial charge is 0.248 e. The number of carbonyl (C=O) groups excluding carboxylic acids is 2. The van der Waals surface area contributed by atoms with Crippen molar-refractivity contribution in [3.8, 4) is 11.3 Å². The zero-order valence-corrected chi connectivity index (χ0v) is 18.7. The lowest BCUT2D eigenvalue weighted by molar-refractivity contribution is -0.145. The number of benzene rings is 1. The minimum Gasteiger partial charge on any atom is -0.368 e. The lowest BCUT2D eigenvalue weighted by Gasteiger charge is -2.38. The quantitative estimate of drug-likeness (QED) is 0.770. The van der Waals surface area contributed by atoms with Gasteiger partial charge in [-0.05, 0) is 51.9 Å². The van der Waals surface area contributed by atoms with Crippen LogP contribution >= 0.6 is 0 Å². The highest BCUT2D eigenvalue weighted by Gasteiger charge is 2.34. The predicted octanol–water partition coefficient (Wildman–Crippen LogP) is 2.26. The first-order valence-corrected chi connectivity index (χ1v) is 11.3. The van der Waals surface area contributed by atoms with Crippen molar-refractivity contribution in [3.63, 3.8) is 0 Å². The van der Waals surface area contributed by atoms with Gasteiger partial charge in [-0.25, -0.2) is 0 Å². The normalized spacial score (nSPS) is 20.5. The van der Waals surface area contributed by atoms with E-state index in [0.717, 1.165) is 31.5 Å². The largest absolute Gasteiger partial charge is 0.368 e. The van der Waals surface area contributed by atoms with Crippen LogP contribution in [0.5, 0.6) is 0 Å². The van der Waals surface area contributed by atoms with Crippen molar-refractivity contribution < 1.29 is 14.3 Å². The second kappa shape index (κ2) is 9.75. The molecule has 2 fully saturated rings. The van der Waals surface area contributed by atoms with Crippen molar-refractivity contribution in [2.45, 2.75) is 38.8 Å². The van der Waals surface area contributed by atoms with E-state index in [1.54, 1.807) is 24.5 Å². The number of likely N-dealkylation sites (tertiary alicyclic amines) is 1. The summed E-state index contributed by atoms with van der Waals surface area (Å²) >= 11 is 0. The molecule has 8 nitrogen and oxygen atoms in total. The Morgan fingerprint density at radius 2 is 1.75 bits per heavy atom. The fourth-order valence-electron chi connectivity index (χ4n) is 4.54. The Bertz CT molecular complexity index is 954. The van der Waals surface area contributed by atoms with Gasteiger partial charge in [0.25, 0.3) is 0 Å². The van der Waals surface area contributed by atoms with E-state index in [2.05, 4.69) is 28.7 Å². The van der Waals surface area contributed by atoms with E-state index in [-0.39, 0.29) is 17.9 Å². The first-order valence-electron chi connectivity index (χ1n) is 11.3. The van der Waals surface area contributed by atoms with Crippen LogP contribution in [-0.4, -0.2) is 70.4 Å². The van der Waals surface area contributed by atoms with Crippen LogP contribution < -0.4 is 5.73 Å². The van der Waals surface area contributed by atoms with Crippen LogP contribution in [0.25, 0.3) is 11.3 Å². The summed E-state index contributed by atoms with van der Waals surface area (Å²) in [6, 6.07) is 7.49. The van der Waals surface area contributed by atoms with Crippen molar-refractivity contribution >= 4 is 11.8 Å². The summed E-state index contributed by atoms with van der Waals surface area (Å²) in [7, 11) is 0. The van der Waals surface area contributed by atoms with Gasteiger partial charge in [-0.2, -0.15) is 0 Å². The van der Waals surface area contributed by atoms with E-state index in [4.69, 9.17) is 10.5 Å². The molecule has 2 aliphatic rings. The zero-order valence-electron chi connectivity index (χ0n) is 18.7. The SMILES string of the molecule is CC(C)N1CCC(C(=O)N2CCO[C@@H](c3nccnc3-c3ccc(C(N)=O)cc3)C2)CC1. The maximum absolute atomic E-state index is 13.2. The Balaban J connectivity index is 1.48. The van der Waals surface area contributed by atoms with Gasteiger partial charge in [0.2, 0.25) is 11.8 Å². The molecule has 8 heteroatoms. The van der Waals surface area contributed by atoms with E-state index in [9.17, 15) is 9.59 Å². The molecule has 1 aromatic carbocycles. The van der Waals surface area contributed by atoms with Crippen LogP contribution in [0.15, 0.2) is 36.7 Å². The standard InChI is InChI=1S/C24H31N5O3/c1-16(2)28-11-7-19(8-12-28)24(31)29-13-14-32-20(15-29)22-21(26-9-10-27-22)17-3-5-18(6-4-17)23(25)30/h3-6,9-10,16,19-20H,7-8,11-15H2,1-2H3,(H2,25,30)/t20-/m1/s1. The number of rotatable bonds is 5. The summed E-state index contributed by atoms with van der Waals surface area (Å²) in [6.07, 6.45) is 4.74. The summed E-state index contributed by atoms with van der Waals surface area (Å²) in [4.78, 5) is 38.0. The molecule has 1 aromatic heterocycles. The molecule has 0 aliphatic carbocycles. The number of nitrogens with two attached hydrogens (primary N) is 1. The van der Waals surface area contributed by atoms with E-state index >= 15 is 0 Å². The van der Waals surface area contributed by atoms with Gasteiger partial charge >= 0.3 is 0 Å². The van der Waals surface area contributed by atoms with E-state index in [0.29, 0.717) is 42.7 Å². The number of amides is 2. The van der Waals surface area contributed by atoms with Crippen molar-refractivity contribution in [2.24, 2.45) is 11.7 Å². The first kappa shape index (κ1) is 22.4. The summed E-state index contributed by atoms with van der Waals surface area (Å²) in [5.41, 5.74) is 8.00. The minimum atomic E-state index is -0.472. The number of aromatic nitrogens is 2. The Kier molecular flexibility index (Phi) is 6.81. The maximum Gasteiger partial charge on any atom is 0.248 e. The molecule has 170 valence electrons. The Labute approximate surface area is 188 Å². The number of piperidine rings is 1. The molecule has 2 N–H and O–H groups in total. The molecule has 4 rings (SSSR count). The number of hydrogen-bond acceptors (Lipinski definition) is 6. The molecule has 32 heavy (non-hydrogen) atoms. The van der Waals surface area contributed by atoms with Crippen LogP contribution in [0, 0.1) is 5.92 Å². The van der Waals surface area contributed by atoms with Crippen LogP contribution in [-0.2, 0) is 9.53 Å². The third kappa shape index (κ3) is 4.81. The van der Waals surface area contributed by atoms with E-state index < -0.39 is 5.91 Å². The zero-order chi connectivity index (χ0) is 22.7. The molecule has 0 unspecified atom stereocenters. The lowest BCUT2D eigenvalue weighted by atomic mass is 9.94. The molecule has 0 saturated carbocycles. The average molecular weight is 438 g/mol. The average Bonchev–Trinajstić information content (AvgIpc) is 2.84. The third-order valence-electron chi connectivity index (χ3n) is 6.46. The predicted molar refractivity (Wildman–Crippen MR) is 121 cm³/mol. The van der Waals surface area contributed by atoms with Crippen molar-refractivity contribution in [3.05, 3.63) is 47.9 Å². The molecular weight excluding hydrogens is 406 g/mol. The van der Waals surface area contributed by atoms with Crippen molar-refractivity contribution in [1.29, 1.82) is 0 Å². The van der Waals surface area contributed by atoms with Gasteiger partial charge in [-0.15, -0.1) is 0 Å². The minimum absolute atomic E-state index is 0.0754. The number of nitrogens with zero attached hydrogens (tertiary/aromatic N) is 4. The van der Waals surface area contributed by atoms with Gasteiger partial charge in [0.05, 0.1) is 24.5 Å². The lowest BCUT2D eigenvalue weighted by Crippen LogP contribution is -2.48. The van der Waals surface area contributed by atoms with Crippen molar-refractivity contribution in [2.75, 3.05) is 32.8 Å². The maximum atomic E-state index is 13.2. The second-order valence-electron chi connectivity index (χ2n) is 8.78. The Morgan fingerprint density at radius 3 is 2.41 bits per heavy atom. The molecule has 2 aliphatic heterocycles.